The van der Waals surface area contributed by atoms with E-state index in [0.717, 1.165) is 6.20 Å². The summed E-state index contributed by atoms with van der Waals surface area (Å²) in [6, 6.07) is 7.01. The maximum Gasteiger partial charge on any atom is 0.274 e. The van der Waals surface area contributed by atoms with Gasteiger partial charge in [-0.15, -0.1) is 0 Å². The van der Waals surface area contributed by atoms with Crippen LogP contribution in [0.25, 0.3) is 0 Å². The predicted octanol–water partition coefficient (Wildman–Crippen LogP) is 0.912. The number of nitrogens with zero attached hydrogens (tertiary/aromatic N) is 3. The van der Waals surface area contributed by atoms with Gasteiger partial charge in [0.15, 0.2) is 0 Å². The molecule has 0 saturated carbocycles. The Labute approximate surface area is 136 Å². The Hall–Kier alpha value is -2.67. The Kier molecular flexibility index (Phi) is 4.12. The molecule has 2 heterocycles. The number of hydrogen-bond donors (Lipinski definition) is 1. The van der Waals surface area contributed by atoms with Crippen molar-refractivity contribution in [1.82, 2.24) is 14.9 Å². The Morgan fingerprint density at radius 2 is 2.09 bits per heavy atom. The number of piperazine rings is 1. The summed E-state index contributed by atoms with van der Waals surface area (Å²) in [6.07, 6.45) is 2.29. The first-order chi connectivity index (χ1) is 11.0. The molecule has 7 nitrogen and oxygen atoms in total. The van der Waals surface area contributed by atoms with Gasteiger partial charge in [-0.2, -0.15) is 0 Å². The molecule has 0 atom stereocenters. The fourth-order valence-corrected chi connectivity index (χ4v) is 2.57. The zero-order valence-corrected chi connectivity index (χ0v) is 12.8. The average molecular weight is 333 g/mol. The van der Waals surface area contributed by atoms with Gasteiger partial charge in [0, 0.05) is 30.0 Å². The van der Waals surface area contributed by atoms with Gasteiger partial charge in [0.1, 0.15) is 12.2 Å². The predicted molar refractivity (Wildman–Crippen MR) is 84.6 cm³/mol. The van der Waals surface area contributed by atoms with E-state index in [1.807, 2.05) is 0 Å². The molecule has 0 unspecified atom stereocenters. The molecule has 0 bridgehead atoms. The number of nitrogens with one attached hydrogen (secondary N) is 1. The minimum atomic E-state index is -0.389. The van der Waals surface area contributed by atoms with Crippen LogP contribution >= 0.6 is 11.6 Å². The van der Waals surface area contributed by atoms with Gasteiger partial charge in [0.2, 0.25) is 5.91 Å². The number of amides is 2. The Balaban J connectivity index is 1.73. The van der Waals surface area contributed by atoms with Crippen LogP contribution in [0, 0.1) is 0 Å². The molecule has 3 rings (SSSR count). The maximum absolute atomic E-state index is 12.3. The zero-order chi connectivity index (χ0) is 16.4. The molecule has 1 saturated heterocycles. The van der Waals surface area contributed by atoms with E-state index in [2.05, 4.69) is 9.97 Å². The smallest absolute Gasteiger partial charge is 0.274 e. The van der Waals surface area contributed by atoms with E-state index in [4.69, 9.17) is 11.6 Å². The number of hydrogen-bond acceptors (Lipinski definition) is 4. The second kappa shape index (κ2) is 6.21. The zero-order valence-electron chi connectivity index (χ0n) is 12.0. The third kappa shape index (κ3) is 3.24. The first-order valence-electron chi connectivity index (χ1n) is 6.94. The van der Waals surface area contributed by atoms with Gasteiger partial charge < -0.3 is 14.8 Å². The molecule has 118 valence electrons. The van der Waals surface area contributed by atoms with Gasteiger partial charge in [-0.05, 0) is 18.2 Å². The van der Waals surface area contributed by atoms with Gasteiger partial charge in [0.05, 0.1) is 6.20 Å². The van der Waals surface area contributed by atoms with E-state index in [-0.39, 0.29) is 29.6 Å². The van der Waals surface area contributed by atoms with Crippen molar-refractivity contribution >= 4 is 29.1 Å². The molecule has 1 aliphatic rings. The molecule has 0 radical (unpaired) electrons. The van der Waals surface area contributed by atoms with Crippen LogP contribution in [-0.2, 0) is 4.79 Å². The topological polar surface area (TPSA) is 86.4 Å². The number of rotatable bonds is 2. The minimum Gasteiger partial charge on any atom is -0.326 e. The number of halogens is 1. The van der Waals surface area contributed by atoms with Gasteiger partial charge >= 0.3 is 0 Å². The van der Waals surface area contributed by atoms with Gasteiger partial charge in [-0.3, -0.25) is 14.4 Å². The summed E-state index contributed by atoms with van der Waals surface area (Å²) in [4.78, 5) is 44.8. The average Bonchev–Trinajstić information content (AvgIpc) is 2.55. The highest BCUT2D eigenvalue weighted by atomic mass is 35.5. The summed E-state index contributed by atoms with van der Waals surface area (Å²) in [5, 5.41) is 0.547. The molecule has 23 heavy (non-hydrogen) atoms. The molecule has 2 amide bonds. The van der Waals surface area contributed by atoms with E-state index < -0.39 is 0 Å². The maximum atomic E-state index is 12.3. The number of benzene rings is 1. The molecule has 1 fully saturated rings. The van der Waals surface area contributed by atoms with Crippen LogP contribution in [0.2, 0.25) is 5.02 Å². The van der Waals surface area contributed by atoms with Crippen molar-refractivity contribution in [3.8, 4) is 0 Å². The second-order valence-electron chi connectivity index (χ2n) is 5.05. The second-order valence-corrected chi connectivity index (χ2v) is 5.48. The number of carbonyl (C=O) groups is 2. The molecular formula is C15H13ClN4O3. The number of carbonyl (C=O) groups excluding carboxylic acids is 2. The Morgan fingerprint density at radius 3 is 2.74 bits per heavy atom. The van der Waals surface area contributed by atoms with Crippen molar-refractivity contribution in [3.63, 3.8) is 0 Å². The highest BCUT2D eigenvalue weighted by Gasteiger charge is 2.29. The molecule has 8 heteroatoms. The number of H-pyrrole nitrogens is 1. The van der Waals surface area contributed by atoms with Gasteiger partial charge in [-0.1, -0.05) is 17.7 Å². The lowest BCUT2D eigenvalue weighted by Gasteiger charge is -2.34. The quantitative estimate of drug-likeness (QED) is 0.885. The fourth-order valence-electron chi connectivity index (χ4n) is 2.38. The van der Waals surface area contributed by atoms with Crippen molar-refractivity contribution in [3.05, 3.63) is 57.7 Å². The number of aromatic amines is 1. The number of anilines is 1. The van der Waals surface area contributed by atoms with Crippen LogP contribution in [-0.4, -0.2) is 46.3 Å². The van der Waals surface area contributed by atoms with Crippen molar-refractivity contribution in [1.29, 1.82) is 0 Å². The SMILES string of the molecule is O=C(c1c[nH]c(=O)cn1)N1CCN(c2cccc(Cl)c2)C(=O)C1. The van der Waals surface area contributed by atoms with E-state index >= 15 is 0 Å². The summed E-state index contributed by atoms with van der Waals surface area (Å²) in [5.41, 5.74) is 0.425. The summed E-state index contributed by atoms with van der Waals surface area (Å²) >= 11 is 5.94. The van der Waals surface area contributed by atoms with E-state index in [0.29, 0.717) is 23.8 Å². The number of aromatic nitrogens is 2. The molecule has 0 aliphatic carbocycles. The van der Waals surface area contributed by atoms with Crippen LogP contribution < -0.4 is 10.5 Å². The van der Waals surface area contributed by atoms with Gasteiger partial charge in [-0.25, -0.2) is 4.98 Å². The first-order valence-corrected chi connectivity index (χ1v) is 7.32. The third-order valence-corrected chi connectivity index (χ3v) is 3.75. The summed E-state index contributed by atoms with van der Waals surface area (Å²) in [7, 11) is 0. The van der Waals surface area contributed by atoms with Crippen LogP contribution in [0.1, 0.15) is 10.5 Å². The van der Waals surface area contributed by atoms with Crippen LogP contribution in [0.3, 0.4) is 0 Å². The van der Waals surface area contributed by atoms with Crippen LogP contribution in [0.15, 0.2) is 41.5 Å². The monoisotopic (exact) mass is 332 g/mol. The van der Waals surface area contributed by atoms with Crippen LogP contribution in [0.5, 0.6) is 0 Å². The Morgan fingerprint density at radius 1 is 1.26 bits per heavy atom. The van der Waals surface area contributed by atoms with Crippen molar-refractivity contribution in [2.45, 2.75) is 0 Å². The molecule has 1 N–H and O–H groups in total. The largest absolute Gasteiger partial charge is 0.326 e. The normalized spacial score (nSPS) is 14.9. The molecule has 1 aromatic heterocycles. The third-order valence-electron chi connectivity index (χ3n) is 3.52. The van der Waals surface area contributed by atoms with Crippen molar-refractivity contribution < 1.29 is 9.59 Å². The summed E-state index contributed by atoms with van der Waals surface area (Å²) < 4.78 is 0. The molecule has 2 aromatic rings. The van der Waals surface area contributed by atoms with E-state index in [9.17, 15) is 14.4 Å². The van der Waals surface area contributed by atoms with Gasteiger partial charge in [0.25, 0.3) is 11.5 Å². The Bertz CT molecular complexity index is 800. The fraction of sp³-hybridized carbons (Fsp3) is 0.200. The van der Waals surface area contributed by atoms with E-state index in [1.165, 1.54) is 11.1 Å². The lowest BCUT2D eigenvalue weighted by Crippen LogP contribution is -2.52. The summed E-state index contributed by atoms with van der Waals surface area (Å²) in [5.74, 6) is -0.586. The molecular weight excluding hydrogens is 320 g/mol. The van der Waals surface area contributed by atoms with Crippen LogP contribution in [0.4, 0.5) is 5.69 Å². The first kappa shape index (κ1) is 15.2. The minimum absolute atomic E-state index is 0.0495. The molecule has 0 spiro atoms. The molecule has 1 aromatic carbocycles. The molecule has 1 aliphatic heterocycles. The van der Waals surface area contributed by atoms with Crippen molar-refractivity contribution in [2.75, 3.05) is 24.5 Å². The summed E-state index contributed by atoms with van der Waals surface area (Å²) in [6.45, 7) is 0.693. The lowest BCUT2D eigenvalue weighted by atomic mass is 10.2. The standard InChI is InChI=1S/C15H13ClN4O3/c16-10-2-1-3-11(6-10)20-5-4-19(9-14(20)22)15(23)12-7-18-13(21)8-17-12/h1-3,6-8H,4-5,9H2,(H,18,21). The lowest BCUT2D eigenvalue weighted by molar-refractivity contribution is -0.120. The highest BCUT2D eigenvalue weighted by Crippen LogP contribution is 2.21. The van der Waals surface area contributed by atoms with E-state index in [1.54, 1.807) is 29.2 Å². The van der Waals surface area contributed by atoms with Crippen molar-refractivity contribution in [2.24, 2.45) is 0 Å². The highest BCUT2D eigenvalue weighted by molar-refractivity contribution is 6.30.